The minimum Gasteiger partial charge on any atom is -0.467 e. The average molecular weight is 351 g/mol. The Morgan fingerprint density at radius 2 is 1.72 bits per heavy atom. The third-order valence-electron chi connectivity index (χ3n) is 3.55. The summed E-state index contributed by atoms with van der Waals surface area (Å²) in [6, 6.07) is 8.82. The Morgan fingerprint density at radius 3 is 2.08 bits per heavy atom. The Hall–Kier alpha value is -2.41. The highest BCUT2D eigenvalue weighted by Gasteiger charge is 2.20. The molecule has 1 aromatic rings. The molecule has 0 bridgehead atoms. The summed E-state index contributed by atoms with van der Waals surface area (Å²) in [6.07, 6.45) is 0.438. The molecular weight excluding hydrogens is 322 g/mol. The molecule has 0 radical (unpaired) electrons. The van der Waals surface area contributed by atoms with Crippen LogP contribution < -0.4 is 10.6 Å². The molecule has 2 unspecified atom stereocenters. The summed E-state index contributed by atoms with van der Waals surface area (Å²) in [4.78, 5) is 35.0. The first-order valence-corrected chi connectivity index (χ1v) is 7.99. The van der Waals surface area contributed by atoms with Crippen LogP contribution in [0.4, 0.5) is 0 Å². The smallest absolute Gasteiger partial charge is 0.328 e. The Labute approximate surface area is 149 Å². The fourth-order valence-corrected chi connectivity index (χ4v) is 1.87. The minimum absolute atomic E-state index is 0.0324. The molecule has 0 fully saturated rings. The minimum atomic E-state index is -0.620. The number of carbonyl (C=O) groups is 3. The zero-order valence-electron chi connectivity index (χ0n) is 15.8. The number of rotatable bonds is 6. The van der Waals surface area contributed by atoms with E-state index in [-0.39, 0.29) is 17.9 Å². The maximum atomic E-state index is 11.4. The van der Waals surface area contributed by atoms with Gasteiger partial charge in [0, 0.05) is 20.4 Å². The molecule has 0 aliphatic rings. The fourth-order valence-electron chi connectivity index (χ4n) is 1.87. The molecule has 25 heavy (non-hydrogen) atoms. The molecule has 0 saturated carbocycles. The lowest BCUT2D eigenvalue weighted by Gasteiger charge is -2.16. The zero-order chi connectivity index (χ0) is 19.4. The first kappa shape index (κ1) is 22.6. The number of nitrogens with zero attached hydrogens (tertiary/aromatic N) is 1. The Balaban J connectivity index is 0.000000547. The number of amides is 2. The second-order valence-corrected chi connectivity index (χ2v) is 5.72. The zero-order valence-corrected chi connectivity index (χ0v) is 15.8. The molecule has 2 atom stereocenters. The summed E-state index contributed by atoms with van der Waals surface area (Å²) >= 11 is 0. The molecule has 0 aromatic heterocycles. The summed E-state index contributed by atoms with van der Waals surface area (Å²) in [6.45, 7) is 3.24. The molecule has 0 spiro atoms. The maximum Gasteiger partial charge on any atom is 0.328 e. The van der Waals surface area contributed by atoms with Crippen molar-refractivity contribution in [1.82, 2.24) is 15.5 Å². The van der Waals surface area contributed by atoms with Gasteiger partial charge in [0.05, 0.1) is 13.2 Å². The molecular formula is C18H29N3O4. The van der Waals surface area contributed by atoms with Crippen molar-refractivity contribution in [2.45, 2.75) is 32.4 Å². The standard InChI is InChI=1S/C12H15NO3.C6H14N2O/c1-9(14)13-11(12(15)16-2)8-10-6-4-3-5-7-10;1-5(8(3)4)6(9)7-2/h3-7,11H,8H2,1-2H3,(H,13,14);5H,1-4H3,(H,7,9). The average Bonchev–Trinajstić information content (AvgIpc) is 2.60. The molecule has 140 valence electrons. The number of methoxy groups -OCH3 is 1. The number of ether oxygens (including phenoxy) is 1. The topological polar surface area (TPSA) is 87.7 Å². The number of nitrogens with one attached hydrogen (secondary N) is 2. The second-order valence-electron chi connectivity index (χ2n) is 5.72. The van der Waals surface area contributed by atoms with E-state index in [9.17, 15) is 14.4 Å². The normalized spacial score (nSPS) is 12.3. The first-order valence-electron chi connectivity index (χ1n) is 7.99. The van der Waals surface area contributed by atoms with Crippen LogP contribution in [0.5, 0.6) is 0 Å². The third-order valence-corrected chi connectivity index (χ3v) is 3.55. The van der Waals surface area contributed by atoms with Crippen LogP contribution in [0.1, 0.15) is 19.4 Å². The molecule has 1 rings (SSSR count). The molecule has 2 amide bonds. The van der Waals surface area contributed by atoms with E-state index in [0.29, 0.717) is 6.42 Å². The van der Waals surface area contributed by atoms with Crippen LogP contribution in [-0.4, -0.2) is 63.0 Å². The van der Waals surface area contributed by atoms with Crippen molar-refractivity contribution in [3.8, 4) is 0 Å². The van der Waals surface area contributed by atoms with E-state index >= 15 is 0 Å². The van der Waals surface area contributed by atoms with Crippen molar-refractivity contribution in [2.24, 2.45) is 0 Å². The number of hydrogen-bond acceptors (Lipinski definition) is 5. The van der Waals surface area contributed by atoms with E-state index in [1.807, 2.05) is 56.3 Å². The third kappa shape index (κ3) is 9.46. The quantitative estimate of drug-likeness (QED) is 0.733. The Bertz CT molecular complexity index is 547. The van der Waals surface area contributed by atoms with Crippen molar-refractivity contribution < 1.29 is 19.1 Å². The van der Waals surface area contributed by atoms with Crippen LogP contribution in [0.15, 0.2) is 30.3 Å². The molecule has 0 heterocycles. The fraction of sp³-hybridized carbons (Fsp3) is 0.500. The van der Waals surface area contributed by atoms with Gasteiger partial charge < -0.3 is 15.4 Å². The van der Waals surface area contributed by atoms with Crippen molar-refractivity contribution in [3.05, 3.63) is 35.9 Å². The van der Waals surface area contributed by atoms with E-state index in [2.05, 4.69) is 15.4 Å². The summed E-state index contributed by atoms with van der Waals surface area (Å²) in [5, 5.41) is 5.13. The summed E-state index contributed by atoms with van der Waals surface area (Å²) < 4.78 is 4.63. The lowest BCUT2D eigenvalue weighted by molar-refractivity contribution is -0.144. The van der Waals surface area contributed by atoms with Gasteiger partial charge in [-0.25, -0.2) is 4.79 Å². The predicted molar refractivity (Wildman–Crippen MR) is 97.0 cm³/mol. The van der Waals surface area contributed by atoms with Gasteiger partial charge in [0.1, 0.15) is 6.04 Å². The SMILES string of the molecule is CNC(=O)C(C)N(C)C.COC(=O)C(Cc1ccccc1)NC(C)=O. The van der Waals surface area contributed by atoms with Crippen LogP contribution in [-0.2, 0) is 25.5 Å². The van der Waals surface area contributed by atoms with Gasteiger partial charge in [-0.2, -0.15) is 0 Å². The lowest BCUT2D eigenvalue weighted by Crippen LogP contribution is -2.41. The summed E-state index contributed by atoms with van der Waals surface area (Å²) in [7, 11) is 6.70. The Kier molecular flexibility index (Phi) is 10.9. The molecule has 7 nitrogen and oxygen atoms in total. The van der Waals surface area contributed by atoms with E-state index in [4.69, 9.17) is 0 Å². The molecule has 1 aromatic carbocycles. The first-order chi connectivity index (χ1) is 11.7. The van der Waals surface area contributed by atoms with Gasteiger partial charge in [-0.3, -0.25) is 14.5 Å². The maximum absolute atomic E-state index is 11.4. The van der Waals surface area contributed by atoms with Gasteiger partial charge in [-0.05, 0) is 26.6 Å². The number of likely N-dealkylation sites (N-methyl/N-ethyl adjacent to an activating group) is 2. The van der Waals surface area contributed by atoms with E-state index in [0.717, 1.165) is 5.56 Å². The molecule has 2 N–H and O–H groups in total. The molecule has 0 aliphatic carbocycles. The predicted octanol–water partition coefficient (Wildman–Crippen LogP) is 0.589. The van der Waals surface area contributed by atoms with Crippen LogP contribution in [0.25, 0.3) is 0 Å². The largest absolute Gasteiger partial charge is 0.467 e. The number of hydrogen-bond donors (Lipinski definition) is 2. The highest BCUT2D eigenvalue weighted by molar-refractivity contribution is 5.83. The monoisotopic (exact) mass is 351 g/mol. The summed E-state index contributed by atoms with van der Waals surface area (Å²) in [5.74, 6) is -0.620. The highest BCUT2D eigenvalue weighted by Crippen LogP contribution is 2.04. The van der Waals surface area contributed by atoms with Crippen molar-refractivity contribution in [3.63, 3.8) is 0 Å². The number of carbonyl (C=O) groups excluding carboxylic acids is 3. The lowest BCUT2D eigenvalue weighted by atomic mass is 10.1. The van der Waals surface area contributed by atoms with Gasteiger partial charge in [0.2, 0.25) is 11.8 Å². The van der Waals surface area contributed by atoms with Gasteiger partial charge >= 0.3 is 5.97 Å². The van der Waals surface area contributed by atoms with Gasteiger partial charge in [-0.15, -0.1) is 0 Å². The summed E-state index contributed by atoms with van der Waals surface area (Å²) in [5.41, 5.74) is 0.978. The molecule has 0 saturated heterocycles. The van der Waals surface area contributed by atoms with Crippen molar-refractivity contribution in [2.75, 3.05) is 28.3 Å². The van der Waals surface area contributed by atoms with E-state index in [1.54, 1.807) is 7.05 Å². The van der Waals surface area contributed by atoms with E-state index in [1.165, 1.54) is 14.0 Å². The van der Waals surface area contributed by atoms with Crippen molar-refractivity contribution in [1.29, 1.82) is 0 Å². The highest BCUT2D eigenvalue weighted by atomic mass is 16.5. The second kappa shape index (κ2) is 12.0. The van der Waals surface area contributed by atoms with Gasteiger partial charge in [0.25, 0.3) is 0 Å². The number of esters is 1. The number of benzene rings is 1. The van der Waals surface area contributed by atoms with Crippen LogP contribution in [0.2, 0.25) is 0 Å². The van der Waals surface area contributed by atoms with Gasteiger partial charge in [-0.1, -0.05) is 30.3 Å². The van der Waals surface area contributed by atoms with E-state index < -0.39 is 12.0 Å². The molecule has 7 heteroatoms. The van der Waals surface area contributed by atoms with Crippen molar-refractivity contribution >= 4 is 17.8 Å². The van der Waals surface area contributed by atoms with Gasteiger partial charge in [0.15, 0.2) is 0 Å². The van der Waals surface area contributed by atoms with Crippen LogP contribution >= 0.6 is 0 Å². The van der Waals surface area contributed by atoms with Crippen LogP contribution in [0.3, 0.4) is 0 Å². The van der Waals surface area contributed by atoms with Crippen LogP contribution in [0, 0.1) is 0 Å². The molecule has 0 aliphatic heterocycles. The Morgan fingerprint density at radius 1 is 1.16 bits per heavy atom.